The van der Waals surface area contributed by atoms with E-state index in [1.54, 1.807) is 0 Å². The molecule has 0 radical (unpaired) electrons. The normalized spacial score (nSPS) is 26.7. The van der Waals surface area contributed by atoms with E-state index in [1.165, 1.54) is 12.8 Å². The number of rotatable bonds is 7. The van der Waals surface area contributed by atoms with Crippen molar-refractivity contribution < 1.29 is 14.2 Å². The molecule has 168 valence electrons. The third-order valence-electron chi connectivity index (χ3n) is 6.50. The Labute approximate surface area is 177 Å². The molecule has 1 N–H and O–H groups in total. The summed E-state index contributed by atoms with van der Waals surface area (Å²) >= 11 is 0. The Bertz CT molecular complexity index is 482. The standard InChI is InChI=1S/C22H42N4O3/c1-18(2)21(25-11-14-27-15-12-25)16-24-22(23-3)26-9-7-19(8-10-26)29-17-20-6-4-5-13-28-20/h18-21H,4-17H2,1-3H3,(H,23,24). The molecule has 0 aromatic heterocycles. The van der Waals surface area contributed by atoms with E-state index in [4.69, 9.17) is 14.2 Å². The maximum atomic E-state index is 6.16. The Morgan fingerprint density at radius 1 is 1.07 bits per heavy atom. The van der Waals surface area contributed by atoms with Gasteiger partial charge in [0.25, 0.3) is 0 Å². The Morgan fingerprint density at radius 3 is 2.45 bits per heavy atom. The monoisotopic (exact) mass is 410 g/mol. The van der Waals surface area contributed by atoms with Crippen molar-refractivity contribution in [2.45, 2.75) is 64.2 Å². The molecule has 3 aliphatic heterocycles. The average molecular weight is 411 g/mol. The van der Waals surface area contributed by atoms with Gasteiger partial charge in [-0.15, -0.1) is 0 Å². The predicted octanol–water partition coefficient (Wildman–Crippen LogP) is 1.97. The topological polar surface area (TPSA) is 58.6 Å². The van der Waals surface area contributed by atoms with Gasteiger partial charge in [-0.3, -0.25) is 9.89 Å². The third-order valence-corrected chi connectivity index (χ3v) is 6.50. The molecule has 0 amide bonds. The van der Waals surface area contributed by atoms with Crippen LogP contribution in [-0.4, -0.2) is 100 Å². The van der Waals surface area contributed by atoms with Gasteiger partial charge in [0.05, 0.1) is 32.0 Å². The Hall–Kier alpha value is -0.890. The van der Waals surface area contributed by atoms with Crippen molar-refractivity contribution in [2.75, 3.05) is 66.2 Å². The first kappa shape index (κ1) is 22.8. The number of hydrogen-bond acceptors (Lipinski definition) is 5. The van der Waals surface area contributed by atoms with E-state index in [0.717, 1.165) is 84.4 Å². The fourth-order valence-corrected chi connectivity index (χ4v) is 4.64. The number of hydrogen-bond donors (Lipinski definition) is 1. The van der Waals surface area contributed by atoms with E-state index in [1.807, 2.05) is 7.05 Å². The van der Waals surface area contributed by atoms with Gasteiger partial charge in [-0.05, 0) is 38.0 Å². The zero-order valence-electron chi connectivity index (χ0n) is 18.8. The van der Waals surface area contributed by atoms with E-state index < -0.39 is 0 Å². The van der Waals surface area contributed by atoms with Crippen molar-refractivity contribution in [3.63, 3.8) is 0 Å². The fourth-order valence-electron chi connectivity index (χ4n) is 4.64. The number of guanidine groups is 1. The molecule has 3 aliphatic rings. The molecular formula is C22H42N4O3. The van der Waals surface area contributed by atoms with Crippen LogP contribution in [0.2, 0.25) is 0 Å². The molecule has 2 atom stereocenters. The van der Waals surface area contributed by atoms with E-state index in [-0.39, 0.29) is 0 Å². The quantitative estimate of drug-likeness (QED) is 0.512. The molecule has 3 heterocycles. The van der Waals surface area contributed by atoms with Crippen LogP contribution >= 0.6 is 0 Å². The molecule has 0 aromatic carbocycles. The number of ether oxygens (including phenoxy) is 3. The predicted molar refractivity (Wildman–Crippen MR) is 117 cm³/mol. The number of nitrogens with zero attached hydrogens (tertiary/aromatic N) is 3. The summed E-state index contributed by atoms with van der Waals surface area (Å²) < 4.78 is 17.5. The number of aliphatic imine (C=N–C) groups is 1. The van der Waals surface area contributed by atoms with E-state index in [0.29, 0.717) is 24.2 Å². The Kier molecular flexibility index (Phi) is 9.49. The van der Waals surface area contributed by atoms with Gasteiger partial charge in [-0.1, -0.05) is 13.8 Å². The van der Waals surface area contributed by atoms with Gasteiger partial charge >= 0.3 is 0 Å². The molecule has 7 heteroatoms. The zero-order valence-corrected chi connectivity index (χ0v) is 18.8. The highest BCUT2D eigenvalue weighted by Gasteiger charge is 2.27. The highest BCUT2D eigenvalue weighted by molar-refractivity contribution is 5.80. The smallest absolute Gasteiger partial charge is 0.193 e. The second kappa shape index (κ2) is 12.1. The van der Waals surface area contributed by atoms with Gasteiger partial charge in [0, 0.05) is 52.4 Å². The van der Waals surface area contributed by atoms with Crippen LogP contribution in [0.4, 0.5) is 0 Å². The van der Waals surface area contributed by atoms with Crippen LogP contribution < -0.4 is 5.32 Å². The van der Waals surface area contributed by atoms with Crippen LogP contribution in [0.3, 0.4) is 0 Å². The summed E-state index contributed by atoms with van der Waals surface area (Å²) in [6.45, 7) is 12.9. The number of piperidine rings is 1. The summed E-state index contributed by atoms with van der Waals surface area (Å²) in [5.41, 5.74) is 0. The van der Waals surface area contributed by atoms with Gasteiger partial charge in [0.1, 0.15) is 0 Å². The summed E-state index contributed by atoms with van der Waals surface area (Å²) in [4.78, 5) is 9.50. The first-order chi connectivity index (χ1) is 14.2. The lowest BCUT2D eigenvalue weighted by Crippen LogP contribution is -2.54. The van der Waals surface area contributed by atoms with E-state index in [2.05, 4.69) is 34.0 Å². The molecule has 0 spiro atoms. The maximum absolute atomic E-state index is 6.16. The largest absolute Gasteiger partial charge is 0.379 e. The fraction of sp³-hybridized carbons (Fsp3) is 0.955. The lowest BCUT2D eigenvalue weighted by molar-refractivity contribution is -0.0721. The van der Waals surface area contributed by atoms with Crippen molar-refractivity contribution in [1.29, 1.82) is 0 Å². The van der Waals surface area contributed by atoms with Crippen LogP contribution in [0.1, 0.15) is 46.0 Å². The molecule has 3 rings (SSSR count). The molecule has 7 nitrogen and oxygen atoms in total. The number of morpholine rings is 1. The molecule has 0 saturated carbocycles. The number of nitrogens with one attached hydrogen (secondary N) is 1. The minimum absolute atomic E-state index is 0.310. The summed E-state index contributed by atoms with van der Waals surface area (Å²) in [7, 11) is 1.89. The molecule has 3 saturated heterocycles. The van der Waals surface area contributed by atoms with Crippen molar-refractivity contribution in [3.05, 3.63) is 0 Å². The van der Waals surface area contributed by atoms with Crippen molar-refractivity contribution >= 4 is 5.96 Å². The molecule has 2 unspecified atom stereocenters. The maximum Gasteiger partial charge on any atom is 0.193 e. The zero-order chi connectivity index (χ0) is 20.5. The minimum Gasteiger partial charge on any atom is -0.379 e. The van der Waals surface area contributed by atoms with Crippen molar-refractivity contribution in [1.82, 2.24) is 15.1 Å². The second-order valence-corrected chi connectivity index (χ2v) is 8.90. The van der Waals surface area contributed by atoms with Crippen molar-refractivity contribution in [2.24, 2.45) is 10.9 Å². The van der Waals surface area contributed by atoms with Gasteiger partial charge < -0.3 is 24.4 Å². The summed E-state index contributed by atoms with van der Waals surface area (Å²) in [5.74, 6) is 1.62. The van der Waals surface area contributed by atoms with Crippen LogP contribution in [0.15, 0.2) is 4.99 Å². The third kappa shape index (κ3) is 7.09. The van der Waals surface area contributed by atoms with Crippen LogP contribution in [0.5, 0.6) is 0 Å². The van der Waals surface area contributed by atoms with Gasteiger partial charge in [0.15, 0.2) is 5.96 Å². The number of likely N-dealkylation sites (tertiary alicyclic amines) is 1. The molecule has 0 aliphatic carbocycles. The van der Waals surface area contributed by atoms with Crippen LogP contribution in [0.25, 0.3) is 0 Å². The van der Waals surface area contributed by atoms with Crippen LogP contribution in [-0.2, 0) is 14.2 Å². The molecule has 3 fully saturated rings. The first-order valence-electron chi connectivity index (χ1n) is 11.7. The van der Waals surface area contributed by atoms with Crippen LogP contribution in [0, 0.1) is 5.92 Å². The summed E-state index contributed by atoms with van der Waals surface area (Å²) in [5, 5.41) is 3.65. The van der Waals surface area contributed by atoms with Gasteiger partial charge in [-0.25, -0.2) is 0 Å². The highest BCUT2D eigenvalue weighted by Crippen LogP contribution is 2.18. The highest BCUT2D eigenvalue weighted by atomic mass is 16.5. The van der Waals surface area contributed by atoms with Crippen molar-refractivity contribution in [3.8, 4) is 0 Å². The average Bonchev–Trinajstić information content (AvgIpc) is 2.77. The molecule has 0 bridgehead atoms. The SMILES string of the molecule is CN=C(NCC(C(C)C)N1CCOCC1)N1CCC(OCC2CCCCO2)CC1. The molecule has 29 heavy (non-hydrogen) atoms. The lowest BCUT2D eigenvalue weighted by atomic mass is 10.0. The van der Waals surface area contributed by atoms with E-state index >= 15 is 0 Å². The Balaban J connectivity index is 1.39. The molecular weight excluding hydrogens is 368 g/mol. The minimum atomic E-state index is 0.310. The molecule has 0 aromatic rings. The summed E-state index contributed by atoms with van der Waals surface area (Å²) in [6.07, 6.45) is 6.40. The van der Waals surface area contributed by atoms with E-state index in [9.17, 15) is 0 Å². The van der Waals surface area contributed by atoms with Gasteiger partial charge in [-0.2, -0.15) is 0 Å². The Morgan fingerprint density at radius 2 is 1.83 bits per heavy atom. The lowest BCUT2D eigenvalue weighted by Gasteiger charge is -2.39. The first-order valence-corrected chi connectivity index (χ1v) is 11.7. The van der Waals surface area contributed by atoms with Gasteiger partial charge in [0.2, 0.25) is 0 Å². The summed E-state index contributed by atoms with van der Waals surface area (Å²) in [6, 6.07) is 0.506. The second-order valence-electron chi connectivity index (χ2n) is 8.90.